The summed E-state index contributed by atoms with van der Waals surface area (Å²) in [4.78, 5) is 13.3. The molecule has 8 heteroatoms. The van der Waals surface area contributed by atoms with Gasteiger partial charge in [-0.25, -0.2) is 15.0 Å². The van der Waals surface area contributed by atoms with Gasteiger partial charge < -0.3 is 0 Å². The molecule has 5 aromatic rings. The summed E-state index contributed by atoms with van der Waals surface area (Å²) in [5.74, 6) is 2.11. The Morgan fingerprint density at radius 1 is 0.862 bits per heavy atom. The summed E-state index contributed by atoms with van der Waals surface area (Å²) < 4.78 is 3.70. The van der Waals surface area contributed by atoms with Crippen molar-refractivity contribution in [3.05, 3.63) is 78.4 Å². The average Bonchev–Trinajstić information content (AvgIpc) is 3.35. The Morgan fingerprint density at radius 2 is 1.69 bits per heavy atom. The van der Waals surface area contributed by atoms with Gasteiger partial charge in [-0.2, -0.15) is 5.10 Å². The van der Waals surface area contributed by atoms with Gasteiger partial charge in [-0.05, 0) is 24.1 Å². The molecule has 8 nitrogen and oxygen atoms in total. The van der Waals surface area contributed by atoms with Crippen molar-refractivity contribution in [1.82, 2.24) is 39.3 Å². The lowest BCUT2D eigenvalue weighted by Gasteiger charge is -2.05. The van der Waals surface area contributed by atoms with Gasteiger partial charge in [0.15, 0.2) is 5.82 Å². The van der Waals surface area contributed by atoms with Crippen molar-refractivity contribution in [2.24, 2.45) is 7.05 Å². The van der Waals surface area contributed by atoms with Gasteiger partial charge in [-0.15, -0.1) is 10.2 Å². The Labute approximate surface area is 166 Å². The third-order valence-corrected chi connectivity index (χ3v) is 4.70. The number of hydrogen-bond acceptors (Lipinski definition) is 6. The number of rotatable bonds is 4. The Balaban J connectivity index is 1.49. The predicted octanol–water partition coefficient (Wildman–Crippen LogP) is 2.88. The van der Waals surface area contributed by atoms with E-state index < -0.39 is 0 Å². The zero-order valence-corrected chi connectivity index (χ0v) is 16.1. The molecule has 0 radical (unpaired) electrons. The SMILES string of the molecule is Cc1cnc(-c2cccc(Cc3nnc4ncc(-c5cnn(C)c5)cn34)c2)nc1. The molecule has 0 N–H and O–H groups in total. The van der Waals surface area contributed by atoms with Crippen LogP contribution < -0.4 is 0 Å². The van der Waals surface area contributed by atoms with Crippen molar-refractivity contribution in [1.29, 1.82) is 0 Å². The summed E-state index contributed by atoms with van der Waals surface area (Å²) in [6, 6.07) is 8.18. The van der Waals surface area contributed by atoms with E-state index in [1.165, 1.54) is 0 Å². The molecule has 0 amide bonds. The van der Waals surface area contributed by atoms with Crippen LogP contribution in [0.3, 0.4) is 0 Å². The first-order chi connectivity index (χ1) is 14.2. The first-order valence-corrected chi connectivity index (χ1v) is 9.22. The van der Waals surface area contributed by atoms with Crippen molar-refractivity contribution >= 4 is 5.78 Å². The van der Waals surface area contributed by atoms with E-state index in [-0.39, 0.29) is 0 Å². The van der Waals surface area contributed by atoms with E-state index in [0.717, 1.165) is 33.6 Å². The maximum absolute atomic E-state index is 4.43. The van der Waals surface area contributed by atoms with E-state index in [1.54, 1.807) is 10.9 Å². The third kappa shape index (κ3) is 3.36. The summed E-state index contributed by atoms with van der Waals surface area (Å²) in [6.07, 6.45) is 11.8. The first kappa shape index (κ1) is 17.2. The summed E-state index contributed by atoms with van der Waals surface area (Å²) in [5.41, 5.74) is 5.09. The molecule has 29 heavy (non-hydrogen) atoms. The quantitative estimate of drug-likeness (QED) is 0.475. The molecular weight excluding hydrogens is 364 g/mol. The molecule has 142 valence electrons. The Bertz CT molecular complexity index is 1300. The smallest absolute Gasteiger partial charge is 0.254 e. The van der Waals surface area contributed by atoms with Gasteiger partial charge in [0, 0.05) is 61.1 Å². The van der Waals surface area contributed by atoms with Gasteiger partial charge in [-0.1, -0.05) is 18.2 Å². The third-order valence-electron chi connectivity index (χ3n) is 4.70. The summed E-state index contributed by atoms with van der Waals surface area (Å²) in [6.45, 7) is 1.98. The van der Waals surface area contributed by atoms with Crippen LogP contribution in [0.4, 0.5) is 0 Å². The fourth-order valence-corrected chi connectivity index (χ4v) is 3.22. The zero-order chi connectivity index (χ0) is 19.8. The monoisotopic (exact) mass is 382 g/mol. The van der Waals surface area contributed by atoms with Crippen molar-refractivity contribution in [2.45, 2.75) is 13.3 Å². The molecule has 0 spiro atoms. The van der Waals surface area contributed by atoms with Gasteiger partial charge in [0.2, 0.25) is 0 Å². The maximum Gasteiger partial charge on any atom is 0.254 e. The van der Waals surface area contributed by atoms with Crippen LogP contribution in [-0.4, -0.2) is 39.3 Å². The molecular formula is C21H18N8. The standard InChI is InChI=1S/C21H18N8/c1-14-8-22-20(23-9-14)16-5-3-4-15(6-16)7-19-26-27-21-24-10-17(13-29(19)21)18-11-25-28(2)12-18/h3-6,8-13H,7H2,1-2H3. The van der Waals surface area contributed by atoms with E-state index in [2.05, 4.69) is 42.4 Å². The number of benzene rings is 1. The lowest BCUT2D eigenvalue weighted by atomic mass is 10.1. The molecule has 5 rings (SSSR count). The highest BCUT2D eigenvalue weighted by molar-refractivity contribution is 5.61. The van der Waals surface area contributed by atoms with Crippen LogP contribution in [0.5, 0.6) is 0 Å². The predicted molar refractivity (Wildman–Crippen MR) is 108 cm³/mol. The molecule has 4 heterocycles. The van der Waals surface area contributed by atoms with Crippen molar-refractivity contribution in [3.63, 3.8) is 0 Å². The highest BCUT2D eigenvalue weighted by atomic mass is 15.3. The average molecular weight is 382 g/mol. The Hall–Kier alpha value is -3.94. The van der Waals surface area contributed by atoms with Gasteiger partial charge in [0.05, 0.1) is 6.20 Å². The van der Waals surface area contributed by atoms with Gasteiger partial charge in [0.1, 0.15) is 5.82 Å². The van der Waals surface area contributed by atoms with E-state index in [9.17, 15) is 0 Å². The maximum atomic E-state index is 4.43. The minimum absolute atomic E-state index is 0.575. The minimum atomic E-state index is 0.575. The molecule has 0 saturated carbocycles. The number of fused-ring (bicyclic) bond motifs is 1. The summed E-state index contributed by atoms with van der Waals surface area (Å²) in [5, 5.41) is 12.8. The Kier molecular flexibility index (Phi) is 4.09. The largest absolute Gasteiger partial charge is 0.275 e. The molecule has 0 fully saturated rings. The topological polar surface area (TPSA) is 86.7 Å². The highest BCUT2D eigenvalue weighted by Gasteiger charge is 2.11. The second-order valence-corrected chi connectivity index (χ2v) is 6.99. The molecule has 1 aromatic carbocycles. The molecule has 0 bridgehead atoms. The Morgan fingerprint density at radius 3 is 2.48 bits per heavy atom. The number of hydrogen-bond donors (Lipinski definition) is 0. The van der Waals surface area contributed by atoms with Crippen LogP contribution >= 0.6 is 0 Å². The van der Waals surface area contributed by atoms with Crippen LogP contribution in [0.15, 0.2) is 61.4 Å². The zero-order valence-electron chi connectivity index (χ0n) is 16.1. The second kappa shape index (κ2) is 6.90. The van der Waals surface area contributed by atoms with E-state index >= 15 is 0 Å². The fraction of sp³-hybridized carbons (Fsp3) is 0.143. The van der Waals surface area contributed by atoms with Crippen molar-refractivity contribution < 1.29 is 0 Å². The molecule has 0 atom stereocenters. The van der Waals surface area contributed by atoms with E-state index in [4.69, 9.17) is 0 Å². The number of aryl methyl sites for hydroxylation is 2. The van der Waals surface area contributed by atoms with Crippen LogP contribution in [0.25, 0.3) is 28.3 Å². The number of aromatic nitrogens is 8. The van der Waals surface area contributed by atoms with E-state index in [0.29, 0.717) is 18.0 Å². The normalized spacial score (nSPS) is 11.2. The van der Waals surface area contributed by atoms with Crippen LogP contribution in [-0.2, 0) is 13.5 Å². The second-order valence-electron chi connectivity index (χ2n) is 6.99. The van der Waals surface area contributed by atoms with Gasteiger partial charge in [0.25, 0.3) is 5.78 Å². The highest BCUT2D eigenvalue weighted by Crippen LogP contribution is 2.20. The molecule has 0 unspecified atom stereocenters. The fourth-order valence-electron chi connectivity index (χ4n) is 3.22. The van der Waals surface area contributed by atoms with Crippen molar-refractivity contribution in [2.75, 3.05) is 0 Å². The molecule has 4 aromatic heterocycles. The lowest BCUT2D eigenvalue weighted by molar-refractivity contribution is 0.768. The van der Waals surface area contributed by atoms with E-state index in [1.807, 2.05) is 61.5 Å². The molecule has 0 aliphatic heterocycles. The lowest BCUT2D eigenvalue weighted by Crippen LogP contribution is -1.99. The van der Waals surface area contributed by atoms with Gasteiger partial charge >= 0.3 is 0 Å². The van der Waals surface area contributed by atoms with Crippen LogP contribution in [0, 0.1) is 6.92 Å². The van der Waals surface area contributed by atoms with Crippen LogP contribution in [0.1, 0.15) is 17.0 Å². The molecule has 0 aliphatic carbocycles. The van der Waals surface area contributed by atoms with Crippen LogP contribution in [0.2, 0.25) is 0 Å². The number of nitrogens with zero attached hydrogens (tertiary/aromatic N) is 8. The van der Waals surface area contributed by atoms with Crippen molar-refractivity contribution in [3.8, 4) is 22.5 Å². The summed E-state index contributed by atoms with van der Waals surface area (Å²) >= 11 is 0. The minimum Gasteiger partial charge on any atom is -0.275 e. The first-order valence-electron chi connectivity index (χ1n) is 9.22. The summed E-state index contributed by atoms with van der Waals surface area (Å²) in [7, 11) is 1.89. The van der Waals surface area contributed by atoms with Gasteiger partial charge in [-0.3, -0.25) is 9.08 Å². The molecule has 0 saturated heterocycles. The molecule has 0 aliphatic rings.